The lowest BCUT2D eigenvalue weighted by atomic mass is 10.1. The van der Waals surface area contributed by atoms with Crippen LogP contribution in [-0.2, 0) is 14.8 Å². The van der Waals surface area contributed by atoms with Crippen LogP contribution in [0.1, 0.15) is 18.9 Å². The van der Waals surface area contributed by atoms with E-state index in [1.165, 1.54) is 6.07 Å². The summed E-state index contributed by atoms with van der Waals surface area (Å²) in [6, 6.07) is 2.93. The first-order chi connectivity index (χ1) is 9.25. The Morgan fingerprint density at radius 1 is 1.35 bits per heavy atom. The van der Waals surface area contributed by atoms with Gasteiger partial charge in [0, 0.05) is 30.9 Å². The number of nitrogens with two attached hydrogens (primary N) is 2. The Bertz CT molecular complexity index is 599. The van der Waals surface area contributed by atoms with E-state index in [1.807, 2.05) is 6.92 Å². The number of anilines is 2. The Balaban J connectivity index is 2.86. The number of benzene rings is 1. The molecule has 0 heterocycles. The predicted octanol–water partition coefficient (Wildman–Crippen LogP) is 0.163. The average molecular weight is 300 g/mol. The molecule has 20 heavy (non-hydrogen) atoms. The maximum absolute atomic E-state index is 11.5. The number of nitrogens with one attached hydrogen (secondary N) is 2. The molecule has 1 amide bonds. The van der Waals surface area contributed by atoms with Crippen molar-refractivity contribution in [2.24, 2.45) is 5.14 Å². The first-order valence-electron chi connectivity index (χ1n) is 6.19. The minimum absolute atomic E-state index is 0.0157. The third-order valence-electron chi connectivity index (χ3n) is 2.73. The summed E-state index contributed by atoms with van der Waals surface area (Å²) in [6.07, 6.45) is 0.285. The van der Waals surface area contributed by atoms with Crippen LogP contribution >= 0.6 is 0 Å². The summed E-state index contributed by atoms with van der Waals surface area (Å²) < 4.78 is 22.9. The van der Waals surface area contributed by atoms with Gasteiger partial charge in [-0.3, -0.25) is 4.79 Å². The minimum Gasteiger partial charge on any atom is -0.399 e. The smallest absolute Gasteiger partial charge is 0.238 e. The lowest BCUT2D eigenvalue weighted by Crippen LogP contribution is -2.25. The summed E-state index contributed by atoms with van der Waals surface area (Å²) in [6.45, 7) is 4.42. The highest BCUT2D eigenvalue weighted by atomic mass is 32.2. The molecule has 1 rings (SSSR count). The van der Waals surface area contributed by atoms with Gasteiger partial charge in [0.15, 0.2) is 0 Å². The monoisotopic (exact) mass is 300 g/mol. The van der Waals surface area contributed by atoms with Crippen molar-refractivity contribution >= 4 is 27.3 Å². The van der Waals surface area contributed by atoms with E-state index in [-0.39, 0.29) is 17.2 Å². The van der Waals surface area contributed by atoms with Gasteiger partial charge >= 0.3 is 0 Å². The number of amides is 1. The molecule has 0 aliphatic heterocycles. The number of hydrogen-bond donors (Lipinski definition) is 4. The molecule has 0 bridgehead atoms. The van der Waals surface area contributed by atoms with Crippen molar-refractivity contribution in [2.75, 3.05) is 24.1 Å². The van der Waals surface area contributed by atoms with Crippen LogP contribution in [0.25, 0.3) is 0 Å². The van der Waals surface area contributed by atoms with Crippen molar-refractivity contribution in [1.29, 1.82) is 0 Å². The molecular formula is C12H20N4O3S. The van der Waals surface area contributed by atoms with Crippen molar-refractivity contribution in [1.82, 2.24) is 5.32 Å². The Morgan fingerprint density at radius 3 is 2.55 bits per heavy atom. The minimum atomic E-state index is -3.83. The van der Waals surface area contributed by atoms with E-state index in [9.17, 15) is 13.2 Å². The van der Waals surface area contributed by atoms with Gasteiger partial charge in [-0.05, 0) is 31.5 Å². The molecule has 8 heteroatoms. The number of hydrogen-bond acceptors (Lipinski definition) is 5. The number of carbonyl (C=O) groups is 1. The molecule has 0 spiro atoms. The second kappa shape index (κ2) is 6.58. The molecule has 0 saturated heterocycles. The van der Waals surface area contributed by atoms with Gasteiger partial charge in [-0.1, -0.05) is 0 Å². The van der Waals surface area contributed by atoms with Crippen LogP contribution in [0.4, 0.5) is 11.4 Å². The highest BCUT2D eigenvalue weighted by Gasteiger charge is 2.15. The second-order valence-corrected chi connectivity index (χ2v) is 5.90. The first-order valence-corrected chi connectivity index (χ1v) is 7.73. The summed E-state index contributed by atoms with van der Waals surface area (Å²) in [7, 11) is -3.83. The van der Waals surface area contributed by atoms with Gasteiger partial charge in [-0.2, -0.15) is 0 Å². The fraction of sp³-hybridized carbons (Fsp3) is 0.417. The Hall–Kier alpha value is -1.80. The third-order valence-corrected chi connectivity index (χ3v) is 3.77. The van der Waals surface area contributed by atoms with Crippen LogP contribution in [0.5, 0.6) is 0 Å². The number of sulfonamides is 1. The van der Waals surface area contributed by atoms with E-state index in [2.05, 4.69) is 10.6 Å². The molecule has 0 aromatic heterocycles. The van der Waals surface area contributed by atoms with E-state index >= 15 is 0 Å². The lowest BCUT2D eigenvalue weighted by Gasteiger charge is -2.13. The van der Waals surface area contributed by atoms with E-state index in [0.717, 1.165) is 0 Å². The van der Waals surface area contributed by atoms with E-state index < -0.39 is 10.0 Å². The van der Waals surface area contributed by atoms with Crippen molar-refractivity contribution in [3.8, 4) is 0 Å². The van der Waals surface area contributed by atoms with Gasteiger partial charge < -0.3 is 16.4 Å². The molecular weight excluding hydrogens is 280 g/mol. The zero-order valence-corrected chi connectivity index (χ0v) is 12.4. The maximum Gasteiger partial charge on any atom is 0.238 e. The molecule has 1 aromatic rings. The highest BCUT2D eigenvalue weighted by molar-refractivity contribution is 7.89. The first kappa shape index (κ1) is 16.3. The summed E-state index contributed by atoms with van der Waals surface area (Å²) in [5, 5.41) is 10.8. The summed E-state index contributed by atoms with van der Waals surface area (Å²) in [4.78, 5) is 11.3. The largest absolute Gasteiger partial charge is 0.399 e. The topological polar surface area (TPSA) is 127 Å². The zero-order valence-electron chi connectivity index (χ0n) is 11.6. The molecule has 0 fully saturated rings. The Kier molecular flexibility index (Phi) is 5.34. The van der Waals surface area contributed by atoms with Crippen LogP contribution in [-0.4, -0.2) is 27.4 Å². The Morgan fingerprint density at radius 2 is 2.00 bits per heavy atom. The van der Waals surface area contributed by atoms with Gasteiger partial charge in [0.2, 0.25) is 15.9 Å². The SMILES string of the molecule is CCNC(=O)CCNc1cc(N)cc(S(N)(=O)=O)c1C. The molecule has 0 saturated carbocycles. The number of nitrogen functional groups attached to an aromatic ring is 1. The molecule has 0 unspecified atom stereocenters. The predicted molar refractivity (Wildman–Crippen MR) is 78.8 cm³/mol. The van der Waals surface area contributed by atoms with Crippen LogP contribution in [0, 0.1) is 6.92 Å². The van der Waals surface area contributed by atoms with E-state index in [0.29, 0.717) is 30.0 Å². The van der Waals surface area contributed by atoms with Crippen LogP contribution < -0.4 is 21.5 Å². The van der Waals surface area contributed by atoms with Crippen LogP contribution in [0.3, 0.4) is 0 Å². The zero-order chi connectivity index (χ0) is 15.3. The molecule has 0 atom stereocenters. The second-order valence-electron chi connectivity index (χ2n) is 4.37. The standard InChI is InChI=1S/C12H20N4O3S/c1-3-15-12(17)4-5-16-10-6-9(13)7-11(8(10)2)20(14,18)19/h6-7,16H,3-5,13H2,1-2H3,(H,15,17)(H2,14,18,19). The van der Waals surface area contributed by atoms with E-state index in [1.54, 1.807) is 13.0 Å². The van der Waals surface area contributed by atoms with Crippen LogP contribution in [0.2, 0.25) is 0 Å². The molecule has 7 nitrogen and oxygen atoms in total. The number of carbonyl (C=O) groups excluding carboxylic acids is 1. The summed E-state index contributed by atoms with van der Waals surface area (Å²) in [5.41, 5.74) is 6.99. The third kappa shape index (κ3) is 4.39. The van der Waals surface area contributed by atoms with Crippen LogP contribution in [0.15, 0.2) is 17.0 Å². The number of primary sulfonamides is 1. The summed E-state index contributed by atoms with van der Waals surface area (Å²) in [5.74, 6) is -0.0757. The normalized spacial score (nSPS) is 11.2. The van der Waals surface area contributed by atoms with Gasteiger partial charge in [0.1, 0.15) is 0 Å². The molecule has 0 radical (unpaired) electrons. The molecule has 0 aliphatic rings. The van der Waals surface area contributed by atoms with Crippen molar-refractivity contribution in [3.05, 3.63) is 17.7 Å². The lowest BCUT2D eigenvalue weighted by molar-refractivity contribution is -0.120. The van der Waals surface area contributed by atoms with Gasteiger partial charge in [-0.25, -0.2) is 13.6 Å². The van der Waals surface area contributed by atoms with Crippen molar-refractivity contribution in [2.45, 2.75) is 25.2 Å². The molecule has 6 N–H and O–H groups in total. The fourth-order valence-corrected chi connectivity index (χ4v) is 2.62. The highest BCUT2D eigenvalue weighted by Crippen LogP contribution is 2.25. The average Bonchev–Trinajstić information content (AvgIpc) is 2.32. The quantitative estimate of drug-likeness (QED) is 0.557. The van der Waals surface area contributed by atoms with Gasteiger partial charge in [-0.15, -0.1) is 0 Å². The van der Waals surface area contributed by atoms with Gasteiger partial charge in [0.05, 0.1) is 4.90 Å². The van der Waals surface area contributed by atoms with Gasteiger partial charge in [0.25, 0.3) is 0 Å². The summed E-state index contributed by atoms with van der Waals surface area (Å²) >= 11 is 0. The number of rotatable bonds is 6. The molecule has 0 aliphatic carbocycles. The Labute approximate surface area is 118 Å². The van der Waals surface area contributed by atoms with E-state index in [4.69, 9.17) is 10.9 Å². The van der Waals surface area contributed by atoms with Crippen molar-refractivity contribution in [3.63, 3.8) is 0 Å². The molecule has 112 valence electrons. The molecule has 1 aromatic carbocycles. The van der Waals surface area contributed by atoms with Crippen molar-refractivity contribution < 1.29 is 13.2 Å². The maximum atomic E-state index is 11.5. The fourth-order valence-electron chi connectivity index (χ4n) is 1.78.